The molecule has 0 aliphatic rings. The SMILES string of the molecule is CCNc1cc(C)ccc1C(=O)Nc1ccc(F)cc1F. The van der Waals surface area contributed by atoms with Crippen LogP contribution < -0.4 is 10.6 Å². The van der Waals surface area contributed by atoms with Gasteiger partial charge in [0.2, 0.25) is 0 Å². The average molecular weight is 290 g/mol. The lowest BCUT2D eigenvalue weighted by molar-refractivity contribution is 0.102. The van der Waals surface area contributed by atoms with Crippen molar-refractivity contribution >= 4 is 17.3 Å². The summed E-state index contributed by atoms with van der Waals surface area (Å²) < 4.78 is 26.4. The minimum Gasteiger partial charge on any atom is -0.385 e. The molecule has 0 heterocycles. The number of anilines is 2. The summed E-state index contributed by atoms with van der Waals surface area (Å²) >= 11 is 0. The van der Waals surface area contributed by atoms with Crippen molar-refractivity contribution < 1.29 is 13.6 Å². The van der Waals surface area contributed by atoms with Crippen LogP contribution in [0.25, 0.3) is 0 Å². The van der Waals surface area contributed by atoms with Gasteiger partial charge in [0.25, 0.3) is 5.91 Å². The van der Waals surface area contributed by atoms with E-state index in [9.17, 15) is 13.6 Å². The van der Waals surface area contributed by atoms with Crippen LogP contribution in [0.15, 0.2) is 36.4 Å². The van der Waals surface area contributed by atoms with E-state index in [4.69, 9.17) is 0 Å². The lowest BCUT2D eigenvalue weighted by atomic mass is 10.1. The third kappa shape index (κ3) is 3.56. The molecule has 5 heteroatoms. The van der Waals surface area contributed by atoms with Gasteiger partial charge in [-0.05, 0) is 43.7 Å². The van der Waals surface area contributed by atoms with Crippen LogP contribution in [0.5, 0.6) is 0 Å². The molecular formula is C16H16F2N2O. The van der Waals surface area contributed by atoms with Crippen LogP contribution >= 0.6 is 0 Å². The second-order valence-corrected chi connectivity index (χ2v) is 4.66. The molecule has 0 saturated heterocycles. The molecule has 0 radical (unpaired) electrons. The van der Waals surface area contributed by atoms with Crippen LogP contribution in [-0.4, -0.2) is 12.5 Å². The van der Waals surface area contributed by atoms with Crippen molar-refractivity contribution in [2.75, 3.05) is 17.2 Å². The Kier molecular flexibility index (Phi) is 4.52. The maximum atomic E-state index is 13.6. The minimum atomic E-state index is -0.805. The first-order chi connectivity index (χ1) is 10.0. The van der Waals surface area contributed by atoms with Gasteiger partial charge in [-0.3, -0.25) is 4.79 Å². The summed E-state index contributed by atoms with van der Waals surface area (Å²) in [7, 11) is 0. The molecule has 0 saturated carbocycles. The molecule has 0 spiro atoms. The molecule has 0 atom stereocenters. The summed E-state index contributed by atoms with van der Waals surface area (Å²) in [4.78, 5) is 12.2. The lowest BCUT2D eigenvalue weighted by Gasteiger charge is -2.12. The third-order valence-electron chi connectivity index (χ3n) is 2.97. The van der Waals surface area contributed by atoms with Gasteiger partial charge in [-0.2, -0.15) is 0 Å². The van der Waals surface area contributed by atoms with Gasteiger partial charge in [0.1, 0.15) is 11.6 Å². The number of halogens is 2. The van der Waals surface area contributed by atoms with Gasteiger partial charge >= 0.3 is 0 Å². The molecule has 0 aliphatic carbocycles. The Morgan fingerprint density at radius 2 is 1.86 bits per heavy atom. The second kappa shape index (κ2) is 6.35. The van der Waals surface area contributed by atoms with E-state index in [1.54, 1.807) is 12.1 Å². The highest BCUT2D eigenvalue weighted by atomic mass is 19.1. The Balaban J connectivity index is 2.28. The fourth-order valence-corrected chi connectivity index (χ4v) is 1.97. The van der Waals surface area contributed by atoms with Crippen LogP contribution in [0.3, 0.4) is 0 Å². The molecule has 0 fully saturated rings. The first-order valence-corrected chi connectivity index (χ1v) is 6.62. The standard InChI is InChI=1S/C16H16F2N2O/c1-3-19-15-8-10(2)4-6-12(15)16(21)20-14-7-5-11(17)9-13(14)18/h4-9,19H,3H2,1-2H3,(H,20,21). The van der Waals surface area contributed by atoms with Gasteiger partial charge in [-0.25, -0.2) is 8.78 Å². The fourth-order valence-electron chi connectivity index (χ4n) is 1.97. The predicted molar refractivity (Wildman–Crippen MR) is 79.7 cm³/mol. The summed E-state index contributed by atoms with van der Waals surface area (Å²) in [5, 5.41) is 5.54. The van der Waals surface area contributed by atoms with Gasteiger partial charge in [0.05, 0.1) is 11.3 Å². The predicted octanol–water partition coefficient (Wildman–Crippen LogP) is 3.96. The van der Waals surface area contributed by atoms with E-state index in [0.29, 0.717) is 17.8 Å². The molecule has 2 aromatic carbocycles. The van der Waals surface area contributed by atoms with E-state index in [1.807, 2.05) is 19.9 Å². The van der Waals surface area contributed by atoms with E-state index in [1.165, 1.54) is 6.07 Å². The van der Waals surface area contributed by atoms with Crippen LogP contribution in [0.1, 0.15) is 22.8 Å². The van der Waals surface area contributed by atoms with Crippen molar-refractivity contribution in [1.82, 2.24) is 0 Å². The molecular weight excluding hydrogens is 274 g/mol. The van der Waals surface area contributed by atoms with Crippen LogP contribution in [-0.2, 0) is 0 Å². The molecule has 3 nitrogen and oxygen atoms in total. The van der Waals surface area contributed by atoms with Crippen molar-refractivity contribution in [2.24, 2.45) is 0 Å². The Bertz CT molecular complexity index is 671. The highest BCUT2D eigenvalue weighted by Crippen LogP contribution is 2.21. The van der Waals surface area contributed by atoms with Gasteiger partial charge in [0, 0.05) is 18.3 Å². The first kappa shape index (κ1) is 15.0. The molecule has 2 rings (SSSR count). The zero-order chi connectivity index (χ0) is 15.4. The summed E-state index contributed by atoms with van der Waals surface area (Å²) in [6, 6.07) is 8.35. The number of hydrogen-bond acceptors (Lipinski definition) is 2. The maximum absolute atomic E-state index is 13.6. The first-order valence-electron chi connectivity index (χ1n) is 6.62. The Labute approximate surface area is 122 Å². The van der Waals surface area contributed by atoms with E-state index in [2.05, 4.69) is 10.6 Å². The highest BCUT2D eigenvalue weighted by molar-refractivity contribution is 6.08. The van der Waals surface area contributed by atoms with Crippen LogP contribution in [0, 0.1) is 18.6 Å². The summed E-state index contributed by atoms with van der Waals surface area (Å²) in [5.41, 5.74) is 2.04. The smallest absolute Gasteiger partial charge is 0.257 e. The van der Waals surface area contributed by atoms with Crippen LogP contribution in [0.2, 0.25) is 0 Å². The number of rotatable bonds is 4. The molecule has 0 aliphatic heterocycles. The number of nitrogens with one attached hydrogen (secondary N) is 2. The monoisotopic (exact) mass is 290 g/mol. The van der Waals surface area contributed by atoms with Gasteiger partial charge < -0.3 is 10.6 Å². The van der Waals surface area contributed by atoms with Crippen molar-refractivity contribution in [3.05, 3.63) is 59.2 Å². The van der Waals surface area contributed by atoms with Crippen molar-refractivity contribution in [1.29, 1.82) is 0 Å². The van der Waals surface area contributed by atoms with Gasteiger partial charge in [0.15, 0.2) is 0 Å². The van der Waals surface area contributed by atoms with Gasteiger partial charge in [-0.15, -0.1) is 0 Å². The summed E-state index contributed by atoms with van der Waals surface area (Å²) in [6.07, 6.45) is 0. The topological polar surface area (TPSA) is 41.1 Å². The van der Waals surface area contributed by atoms with E-state index in [0.717, 1.165) is 17.7 Å². The Hall–Kier alpha value is -2.43. The minimum absolute atomic E-state index is 0.0515. The van der Waals surface area contributed by atoms with Crippen molar-refractivity contribution in [3.8, 4) is 0 Å². The fraction of sp³-hybridized carbons (Fsp3) is 0.188. The molecule has 0 unspecified atom stereocenters. The zero-order valence-corrected chi connectivity index (χ0v) is 11.8. The second-order valence-electron chi connectivity index (χ2n) is 4.66. The molecule has 2 aromatic rings. The summed E-state index contributed by atoms with van der Waals surface area (Å²) in [5.74, 6) is -1.94. The van der Waals surface area contributed by atoms with Crippen molar-refractivity contribution in [2.45, 2.75) is 13.8 Å². The molecule has 110 valence electrons. The van der Waals surface area contributed by atoms with E-state index in [-0.39, 0.29) is 5.69 Å². The molecule has 2 N–H and O–H groups in total. The van der Waals surface area contributed by atoms with Crippen molar-refractivity contribution in [3.63, 3.8) is 0 Å². The Morgan fingerprint density at radius 1 is 1.10 bits per heavy atom. The number of benzene rings is 2. The lowest BCUT2D eigenvalue weighted by Crippen LogP contribution is -2.16. The van der Waals surface area contributed by atoms with Gasteiger partial charge in [-0.1, -0.05) is 6.07 Å². The van der Waals surface area contributed by atoms with Crippen LogP contribution in [0.4, 0.5) is 20.2 Å². The normalized spacial score (nSPS) is 10.3. The third-order valence-corrected chi connectivity index (χ3v) is 2.97. The maximum Gasteiger partial charge on any atom is 0.257 e. The number of carbonyl (C=O) groups excluding carboxylic acids is 1. The molecule has 0 aromatic heterocycles. The Morgan fingerprint density at radius 3 is 2.52 bits per heavy atom. The number of hydrogen-bond donors (Lipinski definition) is 2. The average Bonchev–Trinajstić information content (AvgIpc) is 2.42. The number of aryl methyl sites for hydroxylation is 1. The molecule has 0 bridgehead atoms. The largest absolute Gasteiger partial charge is 0.385 e. The molecule has 21 heavy (non-hydrogen) atoms. The molecule has 1 amide bonds. The number of carbonyl (C=O) groups is 1. The summed E-state index contributed by atoms with van der Waals surface area (Å²) in [6.45, 7) is 4.50. The number of amides is 1. The highest BCUT2D eigenvalue weighted by Gasteiger charge is 2.13. The zero-order valence-electron chi connectivity index (χ0n) is 11.8. The quantitative estimate of drug-likeness (QED) is 0.895. The van der Waals surface area contributed by atoms with E-state index >= 15 is 0 Å². The van der Waals surface area contributed by atoms with E-state index < -0.39 is 17.5 Å².